The van der Waals surface area contributed by atoms with Crippen molar-refractivity contribution in [3.8, 4) is 0 Å². The van der Waals surface area contributed by atoms with Crippen molar-refractivity contribution in [2.75, 3.05) is 11.5 Å². The molecular formula is C31H33F2NO6. The van der Waals surface area contributed by atoms with Crippen LogP contribution in [0.1, 0.15) is 35.6 Å². The normalized spacial score (nSPS) is 28.4. The predicted octanol–water partition coefficient (Wildman–Crippen LogP) is 3.08. The van der Waals surface area contributed by atoms with Gasteiger partial charge in [-0.15, -0.1) is 0 Å². The molecule has 0 aliphatic carbocycles. The van der Waals surface area contributed by atoms with Crippen molar-refractivity contribution in [2.45, 2.75) is 62.2 Å². The van der Waals surface area contributed by atoms with Crippen LogP contribution in [0.25, 0.3) is 0 Å². The van der Waals surface area contributed by atoms with E-state index in [4.69, 9.17) is 4.74 Å². The van der Waals surface area contributed by atoms with E-state index in [0.717, 1.165) is 23.1 Å². The molecule has 0 aromatic heterocycles. The number of β-lactam (4-membered cyclic amide) rings is 1. The number of aliphatic hydroxyl groups is 4. The van der Waals surface area contributed by atoms with E-state index in [1.807, 2.05) is 24.3 Å². The van der Waals surface area contributed by atoms with Crippen LogP contribution in [0.15, 0.2) is 72.8 Å². The second-order valence-electron chi connectivity index (χ2n) is 10.6. The van der Waals surface area contributed by atoms with Crippen LogP contribution in [0.2, 0.25) is 0 Å². The number of nitrogens with zero attached hydrogens (tertiary/aromatic N) is 1. The fourth-order valence-corrected chi connectivity index (χ4v) is 5.71. The highest BCUT2D eigenvalue weighted by Crippen LogP contribution is 2.45. The molecule has 0 bridgehead atoms. The van der Waals surface area contributed by atoms with Gasteiger partial charge in [-0.3, -0.25) is 4.79 Å². The molecule has 0 radical (unpaired) electrons. The van der Waals surface area contributed by atoms with E-state index in [0.29, 0.717) is 18.5 Å². The zero-order valence-corrected chi connectivity index (χ0v) is 21.8. The average Bonchev–Trinajstić information content (AvgIpc) is 2.96. The van der Waals surface area contributed by atoms with Crippen LogP contribution < -0.4 is 4.90 Å². The fraction of sp³-hybridized carbons (Fsp3) is 0.387. The Bertz CT molecular complexity index is 1280. The number of aliphatic hydroxyl groups excluding tert-OH is 4. The third-order valence-electron chi connectivity index (χ3n) is 7.96. The van der Waals surface area contributed by atoms with Gasteiger partial charge in [-0.25, -0.2) is 8.78 Å². The quantitative estimate of drug-likeness (QED) is 0.303. The first-order valence-electron chi connectivity index (χ1n) is 13.5. The molecule has 0 unspecified atom stereocenters. The SMILES string of the molecule is O=C1[C@@H](CCCc2ccc(F)cc2)[C@@H](c2ccc(C[C@H]3O[C@H](CO)[C@@H](O)[C@H](O)[C@H]3O)cc2)N1c1ccc(F)cc1. The summed E-state index contributed by atoms with van der Waals surface area (Å²) in [4.78, 5) is 14.9. The van der Waals surface area contributed by atoms with Crippen molar-refractivity contribution in [1.29, 1.82) is 0 Å². The highest BCUT2D eigenvalue weighted by Gasteiger charge is 2.48. The lowest BCUT2D eigenvalue weighted by Gasteiger charge is -2.48. The molecule has 2 aliphatic rings. The number of aryl methyl sites for hydroxylation is 1. The van der Waals surface area contributed by atoms with Gasteiger partial charge >= 0.3 is 0 Å². The number of benzene rings is 3. The Balaban J connectivity index is 1.31. The average molecular weight is 554 g/mol. The zero-order valence-electron chi connectivity index (χ0n) is 21.8. The van der Waals surface area contributed by atoms with Crippen LogP contribution in [0, 0.1) is 17.6 Å². The van der Waals surface area contributed by atoms with Crippen LogP contribution in [0.3, 0.4) is 0 Å². The molecule has 40 heavy (non-hydrogen) atoms. The molecule has 3 aromatic rings. The summed E-state index contributed by atoms with van der Waals surface area (Å²) >= 11 is 0. The smallest absolute Gasteiger partial charge is 0.233 e. The standard InChI is InChI=1S/C31H33F2NO6/c32-21-10-6-18(7-11-21)2-1-3-24-27(34(31(24)39)23-14-12-22(33)13-15-23)20-8-4-19(5-9-20)16-25-28(36)30(38)29(37)26(17-35)40-25/h4-15,24-30,35-38H,1-3,16-17H2/t24-,25+,26+,27+,28-,29+,30+/m0/s1. The van der Waals surface area contributed by atoms with Gasteiger partial charge in [0.2, 0.25) is 5.91 Å². The Morgan fingerprint density at radius 1 is 0.750 bits per heavy atom. The van der Waals surface area contributed by atoms with E-state index in [1.165, 1.54) is 24.3 Å². The number of amides is 1. The van der Waals surface area contributed by atoms with Gasteiger partial charge in [0.1, 0.15) is 36.1 Å². The van der Waals surface area contributed by atoms with Gasteiger partial charge in [0.15, 0.2) is 0 Å². The summed E-state index contributed by atoms with van der Waals surface area (Å²) in [6.45, 7) is -0.488. The number of anilines is 1. The van der Waals surface area contributed by atoms with Gasteiger partial charge in [-0.1, -0.05) is 36.4 Å². The largest absolute Gasteiger partial charge is 0.394 e. The summed E-state index contributed by atoms with van der Waals surface area (Å²) in [5.74, 6) is -0.993. The Labute approximate surface area is 231 Å². The topological polar surface area (TPSA) is 110 Å². The minimum atomic E-state index is -1.43. The molecule has 212 valence electrons. The second kappa shape index (κ2) is 12.1. The van der Waals surface area contributed by atoms with Crippen LogP contribution in [-0.4, -0.2) is 63.5 Å². The predicted molar refractivity (Wildman–Crippen MR) is 143 cm³/mol. The number of ether oxygens (including phenoxy) is 1. The summed E-state index contributed by atoms with van der Waals surface area (Å²) in [7, 11) is 0. The van der Waals surface area contributed by atoms with Crippen molar-refractivity contribution in [2.24, 2.45) is 5.92 Å². The van der Waals surface area contributed by atoms with Gasteiger partial charge in [-0.05, 0) is 72.4 Å². The molecule has 7 nitrogen and oxygen atoms in total. The molecule has 2 aliphatic heterocycles. The van der Waals surface area contributed by atoms with Gasteiger partial charge in [0.25, 0.3) is 0 Å². The lowest BCUT2D eigenvalue weighted by Crippen LogP contribution is -2.59. The van der Waals surface area contributed by atoms with E-state index >= 15 is 0 Å². The van der Waals surface area contributed by atoms with Gasteiger partial charge in [-0.2, -0.15) is 0 Å². The lowest BCUT2D eigenvalue weighted by atomic mass is 9.78. The maximum Gasteiger partial charge on any atom is 0.233 e. The summed E-state index contributed by atoms with van der Waals surface area (Å²) < 4.78 is 32.5. The second-order valence-corrected chi connectivity index (χ2v) is 10.6. The third kappa shape index (κ3) is 5.80. The molecule has 9 heteroatoms. The van der Waals surface area contributed by atoms with E-state index in [1.54, 1.807) is 29.2 Å². The monoisotopic (exact) mass is 553 g/mol. The number of hydrogen-bond acceptors (Lipinski definition) is 6. The number of carbonyl (C=O) groups is 1. The molecule has 2 heterocycles. The Hall–Kier alpha value is -3.21. The first-order valence-corrected chi connectivity index (χ1v) is 13.5. The van der Waals surface area contributed by atoms with Gasteiger partial charge in [0, 0.05) is 12.1 Å². The molecule has 0 saturated carbocycles. The summed E-state index contributed by atoms with van der Waals surface area (Å²) in [5.41, 5.74) is 3.31. The van der Waals surface area contributed by atoms with Crippen molar-refractivity contribution in [1.82, 2.24) is 0 Å². The number of hydrogen-bond donors (Lipinski definition) is 4. The minimum Gasteiger partial charge on any atom is -0.394 e. The molecule has 2 saturated heterocycles. The number of rotatable bonds is 9. The van der Waals surface area contributed by atoms with Gasteiger partial charge < -0.3 is 30.1 Å². The van der Waals surface area contributed by atoms with E-state index in [-0.39, 0.29) is 35.9 Å². The van der Waals surface area contributed by atoms with Crippen LogP contribution in [-0.2, 0) is 22.4 Å². The summed E-state index contributed by atoms with van der Waals surface area (Å²) in [5, 5.41) is 40.0. The van der Waals surface area contributed by atoms with Crippen molar-refractivity contribution in [3.63, 3.8) is 0 Å². The highest BCUT2D eigenvalue weighted by molar-refractivity contribution is 6.03. The van der Waals surface area contributed by atoms with Crippen LogP contribution in [0.5, 0.6) is 0 Å². The zero-order chi connectivity index (χ0) is 28.4. The van der Waals surface area contributed by atoms with Crippen molar-refractivity contribution in [3.05, 3.63) is 101 Å². The maximum atomic E-state index is 13.6. The fourth-order valence-electron chi connectivity index (χ4n) is 5.71. The molecule has 7 atom stereocenters. The van der Waals surface area contributed by atoms with Gasteiger partial charge in [0.05, 0.1) is 24.7 Å². The van der Waals surface area contributed by atoms with Crippen molar-refractivity contribution >= 4 is 11.6 Å². The molecule has 2 fully saturated rings. The molecular weight excluding hydrogens is 520 g/mol. The van der Waals surface area contributed by atoms with Crippen molar-refractivity contribution < 1.29 is 38.7 Å². The molecule has 5 rings (SSSR count). The maximum absolute atomic E-state index is 13.6. The summed E-state index contributed by atoms with van der Waals surface area (Å²) in [6, 6.07) is 19.4. The molecule has 4 N–H and O–H groups in total. The lowest BCUT2D eigenvalue weighted by molar-refractivity contribution is -0.228. The first kappa shape index (κ1) is 28.3. The molecule has 0 spiro atoms. The molecule has 3 aromatic carbocycles. The first-order chi connectivity index (χ1) is 19.3. The number of carbonyl (C=O) groups excluding carboxylic acids is 1. The third-order valence-corrected chi connectivity index (χ3v) is 7.96. The van der Waals surface area contributed by atoms with E-state index in [9.17, 15) is 34.0 Å². The van der Waals surface area contributed by atoms with Crippen LogP contribution >= 0.6 is 0 Å². The van der Waals surface area contributed by atoms with Crippen LogP contribution in [0.4, 0.5) is 14.5 Å². The van der Waals surface area contributed by atoms with E-state index < -0.39 is 37.1 Å². The highest BCUT2D eigenvalue weighted by atomic mass is 19.1. The Morgan fingerprint density at radius 2 is 1.32 bits per heavy atom. The Morgan fingerprint density at radius 3 is 1.95 bits per heavy atom. The summed E-state index contributed by atoms with van der Waals surface area (Å²) in [6.07, 6.45) is -3.62. The van der Waals surface area contributed by atoms with E-state index in [2.05, 4.69) is 0 Å². The Kier molecular flexibility index (Phi) is 8.58. The minimum absolute atomic E-state index is 0.0406. The number of halogens is 2. The molecule has 1 amide bonds.